The SMILES string of the molecule is CC(=O)N[C@H](CN)C(=O)Nc1ccc(N2CCOCC2=O)c(OC(F)F)c1. The predicted octanol–water partition coefficient (Wildman–Crippen LogP) is 0.0531. The number of carbonyl (C=O) groups excluding carboxylic acids is 3. The Balaban J connectivity index is 2.24. The van der Waals surface area contributed by atoms with E-state index in [1.54, 1.807) is 0 Å². The maximum Gasteiger partial charge on any atom is 0.387 e. The number of nitrogens with two attached hydrogens (primary N) is 1. The van der Waals surface area contributed by atoms with Gasteiger partial charge in [-0.05, 0) is 12.1 Å². The number of nitrogens with one attached hydrogen (secondary N) is 2. The van der Waals surface area contributed by atoms with Gasteiger partial charge in [-0.15, -0.1) is 0 Å². The largest absolute Gasteiger partial charge is 0.433 e. The zero-order chi connectivity index (χ0) is 20.0. The monoisotopic (exact) mass is 386 g/mol. The van der Waals surface area contributed by atoms with Gasteiger partial charge in [-0.25, -0.2) is 0 Å². The highest BCUT2D eigenvalue weighted by Gasteiger charge is 2.25. The molecule has 1 aromatic carbocycles. The first-order valence-corrected chi connectivity index (χ1v) is 8.06. The van der Waals surface area contributed by atoms with Gasteiger partial charge < -0.3 is 30.7 Å². The summed E-state index contributed by atoms with van der Waals surface area (Å²) in [4.78, 5) is 36.5. The van der Waals surface area contributed by atoms with Crippen molar-refractivity contribution in [3.05, 3.63) is 18.2 Å². The molecule has 0 unspecified atom stereocenters. The van der Waals surface area contributed by atoms with E-state index in [4.69, 9.17) is 10.5 Å². The Morgan fingerprint density at radius 2 is 2.15 bits per heavy atom. The van der Waals surface area contributed by atoms with E-state index in [0.717, 1.165) is 0 Å². The molecular formula is C16H20F2N4O5. The zero-order valence-electron chi connectivity index (χ0n) is 14.5. The molecule has 2 rings (SSSR count). The molecule has 1 saturated heterocycles. The standard InChI is InChI=1S/C16H20F2N4O5/c1-9(23)20-11(7-19)15(25)21-10-2-3-12(13(6-10)27-16(17)18)22-4-5-26-8-14(22)24/h2-3,6,11,16H,4-5,7-8,19H2,1H3,(H,20,23)(H,21,25)/t11-/m1/s1. The first-order valence-electron chi connectivity index (χ1n) is 8.06. The third kappa shape index (κ3) is 5.59. The Kier molecular flexibility index (Phi) is 7.02. The molecule has 4 N–H and O–H groups in total. The fourth-order valence-electron chi connectivity index (χ4n) is 2.48. The van der Waals surface area contributed by atoms with Crippen molar-refractivity contribution < 1.29 is 32.6 Å². The lowest BCUT2D eigenvalue weighted by molar-refractivity contribution is -0.125. The molecule has 1 aliphatic rings. The van der Waals surface area contributed by atoms with Crippen LogP contribution in [0.25, 0.3) is 0 Å². The Morgan fingerprint density at radius 3 is 2.74 bits per heavy atom. The Labute approximate surface area is 153 Å². The quantitative estimate of drug-likeness (QED) is 0.609. The Bertz CT molecular complexity index is 716. The van der Waals surface area contributed by atoms with Crippen LogP contribution < -0.4 is 26.0 Å². The molecule has 0 saturated carbocycles. The van der Waals surface area contributed by atoms with Crippen molar-refractivity contribution in [2.45, 2.75) is 19.6 Å². The number of alkyl halides is 2. The molecule has 0 aliphatic carbocycles. The van der Waals surface area contributed by atoms with Crippen molar-refractivity contribution in [1.82, 2.24) is 5.32 Å². The average molecular weight is 386 g/mol. The second kappa shape index (κ2) is 9.24. The molecule has 3 amide bonds. The van der Waals surface area contributed by atoms with E-state index < -0.39 is 30.4 Å². The van der Waals surface area contributed by atoms with Gasteiger partial charge >= 0.3 is 6.61 Å². The molecule has 1 atom stereocenters. The van der Waals surface area contributed by atoms with E-state index in [2.05, 4.69) is 15.4 Å². The summed E-state index contributed by atoms with van der Waals surface area (Å²) in [7, 11) is 0. The zero-order valence-corrected chi connectivity index (χ0v) is 14.5. The minimum atomic E-state index is -3.12. The summed E-state index contributed by atoms with van der Waals surface area (Å²) in [6, 6.07) is 2.99. The number of amides is 3. The van der Waals surface area contributed by atoms with Gasteiger partial charge in [-0.2, -0.15) is 8.78 Å². The summed E-state index contributed by atoms with van der Waals surface area (Å²) in [5.74, 6) is -1.73. The van der Waals surface area contributed by atoms with Crippen LogP contribution in [0.5, 0.6) is 5.75 Å². The van der Waals surface area contributed by atoms with Crippen LogP contribution >= 0.6 is 0 Å². The van der Waals surface area contributed by atoms with Crippen LogP contribution in [0.1, 0.15) is 6.92 Å². The summed E-state index contributed by atoms with van der Waals surface area (Å²) < 4.78 is 35.1. The Morgan fingerprint density at radius 1 is 1.41 bits per heavy atom. The van der Waals surface area contributed by atoms with Crippen LogP contribution in [-0.4, -0.2) is 56.7 Å². The lowest BCUT2D eigenvalue weighted by Gasteiger charge is -2.28. The van der Waals surface area contributed by atoms with Gasteiger partial charge in [0.15, 0.2) is 5.75 Å². The van der Waals surface area contributed by atoms with Crippen molar-refractivity contribution >= 4 is 29.1 Å². The third-order valence-corrected chi connectivity index (χ3v) is 3.65. The number of anilines is 2. The third-order valence-electron chi connectivity index (χ3n) is 3.65. The van der Waals surface area contributed by atoms with Gasteiger partial charge in [-0.3, -0.25) is 14.4 Å². The van der Waals surface area contributed by atoms with Crippen molar-refractivity contribution in [3.8, 4) is 5.75 Å². The average Bonchev–Trinajstić information content (AvgIpc) is 2.60. The number of morpholine rings is 1. The number of rotatable bonds is 7. The predicted molar refractivity (Wildman–Crippen MR) is 91.5 cm³/mol. The molecule has 9 nitrogen and oxygen atoms in total. The Hall–Kier alpha value is -2.79. The highest BCUT2D eigenvalue weighted by molar-refractivity contribution is 5.99. The van der Waals surface area contributed by atoms with Crippen LogP contribution in [0.15, 0.2) is 18.2 Å². The number of benzene rings is 1. The lowest BCUT2D eigenvalue weighted by Crippen LogP contribution is -2.47. The lowest BCUT2D eigenvalue weighted by atomic mass is 10.2. The molecular weight excluding hydrogens is 366 g/mol. The van der Waals surface area contributed by atoms with Gasteiger partial charge in [-0.1, -0.05) is 0 Å². The fraction of sp³-hybridized carbons (Fsp3) is 0.438. The molecule has 0 radical (unpaired) electrons. The number of nitrogens with zero attached hydrogens (tertiary/aromatic N) is 1. The first-order chi connectivity index (χ1) is 12.8. The van der Waals surface area contributed by atoms with Crippen LogP contribution in [0.2, 0.25) is 0 Å². The maximum atomic E-state index is 12.8. The maximum absolute atomic E-state index is 12.8. The summed E-state index contributed by atoms with van der Waals surface area (Å²) in [6.45, 7) is -1.76. The number of ether oxygens (including phenoxy) is 2. The second-order valence-electron chi connectivity index (χ2n) is 5.64. The molecule has 0 spiro atoms. The number of hydrogen-bond acceptors (Lipinski definition) is 6. The second-order valence-corrected chi connectivity index (χ2v) is 5.64. The smallest absolute Gasteiger partial charge is 0.387 e. The summed E-state index contributed by atoms with van der Waals surface area (Å²) in [6.07, 6.45) is 0. The van der Waals surface area contributed by atoms with E-state index in [0.29, 0.717) is 0 Å². The molecule has 0 aromatic heterocycles. The molecule has 1 fully saturated rings. The van der Waals surface area contributed by atoms with E-state index in [9.17, 15) is 23.2 Å². The van der Waals surface area contributed by atoms with E-state index in [1.165, 1.54) is 30.0 Å². The fourth-order valence-corrected chi connectivity index (χ4v) is 2.48. The van der Waals surface area contributed by atoms with Crippen molar-refractivity contribution in [2.24, 2.45) is 5.73 Å². The molecule has 11 heteroatoms. The van der Waals surface area contributed by atoms with E-state index >= 15 is 0 Å². The number of halogens is 2. The van der Waals surface area contributed by atoms with E-state index in [-0.39, 0.29) is 43.4 Å². The van der Waals surface area contributed by atoms with Gasteiger partial charge in [0.05, 0.1) is 12.3 Å². The molecule has 0 bridgehead atoms. The van der Waals surface area contributed by atoms with Crippen molar-refractivity contribution in [1.29, 1.82) is 0 Å². The normalized spacial score (nSPS) is 15.4. The molecule has 27 heavy (non-hydrogen) atoms. The first kappa shape index (κ1) is 20.5. The van der Waals surface area contributed by atoms with Crippen LogP contribution in [0.3, 0.4) is 0 Å². The summed E-state index contributed by atoms with van der Waals surface area (Å²) >= 11 is 0. The minimum Gasteiger partial charge on any atom is -0.433 e. The summed E-state index contributed by atoms with van der Waals surface area (Å²) in [5, 5.41) is 4.84. The molecule has 1 heterocycles. The number of hydrogen-bond donors (Lipinski definition) is 3. The van der Waals surface area contributed by atoms with Crippen LogP contribution in [0, 0.1) is 0 Å². The topological polar surface area (TPSA) is 123 Å². The molecule has 1 aliphatic heterocycles. The van der Waals surface area contributed by atoms with Crippen LogP contribution in [0.4, 0.5) is 20.2 Å². The van der Waals surface area contributed by atoms with Gasteiger partial charge in [0.25, 0.3) is 5.91 Å². The van der Waals surface area contributed by atoms with Gasteiger partial charge in [0.1, 0.15) is 12.6 Å². The molecule has 1 aromatic rings. The highest BCUT2D eigenvalue weighted by Crippen LogP contribution is 2.33. The molecule has 148 valence electrons. The van der Waals surface area contributed by atoms with Crippen molar-refractivity contribution in [3.63, 3.8) is 0 Å². The number of carbonyl (C=O) groups is 3. The van der Waals surface area contributed by atoms with Crippen molar-refractivity contribution in [2.75, 3.05) is 36.5 Å². The van der Waals surface area contributed by atoms with Gasteiger partial charge in [0, 0.05) is 31.8 Å². The summed E-state index contributed by atoms with van der Waals surface area (Å²) in [5.41, 5.74) is 5.73. The minimum absolute atomic E-state index is 0.138. The van der Waals surface area contributed by atoms with Gasteiger partial charge in [0.2, 0.25) is 11.8 Å². The van der Waals surface area contributed by atoms with E-state index in [1.807, 2.05) is 0 Å². The van der Waals surface area contributed by atoms with Crippen LogP contribution in [-0.2, 0) is 19.1 Å². The highest BCUT2D eigenvalue weighted by atomic mass is 19.3.